The van der Waals surface area contributed by atoms with Crippen LogP contribution in [-0.2, 0) is 11.3 Å². The van der Waals surface area contributed by atoms with Crippen molar-refractivity contribution >= 4 is 5.91 Å². The third-order valence-electron chi connectivity index (χ3n) is 6.72. The summed E-state index contributed by atoms with van der Waals surface area (Å²) < 4.78 is 22.5. The lowest BCUT2D eigenvalue weighted by Gasteiger charge is -2.36. The van der Waals surface area contributed by atoms with Crippen molar-refractivity contribution < 1.29 is 23.7 Å². The molecule has 0 spiro atoms. The van der Waals surface area contributed by atoms with Crippen LogP contribution in [0, 0.1) is 11.3 Å². The Morgan fingerprint density at radius 2 is 1.61 bits per heavy atom. The molecule has 38 heavy (non-hydrogen) atoms. The van der Waals surface area contributed by atoms with Crippen molar-refractivity contribution in [3.05, 3.63) is 89.0 Å². The number of ether oxygens (including phenoxy) is 4. The van der Waals surface area contributed by atoms with Gasteiger partial charge in [0.1, 0.15) is 17.2 Å². The zero-order valence-corrected chi connectivity index (χ0v) is 22.1. The molecule has 1 atom stereocenters. The monoisotopic (exact) mass is 515 g/mol. The number of carbonyl (C=O) groups is 1. The van der Waals surface area contributed by atoms with Crippen molar-refractivity contribution in [2.45, 2.75) is 12.7 Å². The normalized spacial score (nSPS) is 14.4. The van der Waals surface area contributed by atoms with E-state index in [1.54, 1.807) is 51.7 Å². The minimum atomic E-state index is -0.190. The quantitative estimate of drug-likeness (QED) is 0.398. The lowest BCUT2D eigenvalue weighted by Crippen LogP contribution is -2.49. The lowest BCUT2D eigenvalue weighted by atomic mass is 10.1. The van der Waals surface area contributed by atoms with E-state index < -0.39 is 0 Å². The highest BCUT2D eigenvalue weighted by atomic mass is 16.5. The predicted molar refractivity (Wildman–Crippen MR) is 144 cm³/mol. The number of hydrogen-bond acceptors (Lipinski definition) is 7. The number of rotatable bonds is 10. The fourth-order valence-electron chi connectivity index (χ4n) is 4.48. The van der Waals surface area contributed by atoms with Crippen LogP contribution in [-0.4, -0.2) is 69.8 Å². The molecule has 1 aliphatic heterocycles. The van der Waals surface area contributed by atoms with E-state index >= 15 is 0 Å². The Morgan fingerprint density at radius 1 is 0.895 bits per heavy atom. The van der Waals surface area contributed by atoms with Gasteiger partial charge in [-0.05, 0) is 47.5 Å². The number of methoxy groups -OCH3 is 3. The van der Waals surface area contributed by atoms with Crippen LogP contribution in [0.15, 0.2) is 66.7 Å². The lowest BCUT2D eigenvalue weighted by molar-refractivity contribution is 0.00331. The summed E-state index contributed by atoms with van der Waals surface area (Å²) in [7, 11) is 4.79. The minimum absolute atomic E-state index is 0.0504. The van der Waals surface area contributed by atoms with E-state index in [9.17, 15) is 4.79 Å². The predicted octanol–water partition coefficient (Wildman–Crippen LogP) is 4.30. The Morgan fingerprint density at radius 3 is 2.26 bits per heavy atom. The van der Waals surface area contributed by atoms with Crippen molar-refractivity contribution in [2.24, 2.45) is 0 Å². The van der Waals surface area contributed by atoms with E-state index in [0.717, 1.165) is 30.0 Å². The summed E-state index contributed by atoms with van der Waals surface area (Å²) in [5.41, 5.74) is 3.18. The van der Waals surface area contributed by atoms with Crippen LogP contribution >= 0.6 is 0 Å². The fourth-order valence-corrected chi connectivity index (χ4v) is 4.48. The molecule has 0 saturated carbocycles. The average Bonchev–Trinajstić information content (AvgIpc) is 2.99. The van der Waals surface area contributed by atoms with Gasteiger partial charge in [0.05, 0.1) is 51.2 Å². The molecule has 3 aromatic rings. The summed E-state index contributed by atoms with van der Waals surface area (Å²) in [5, 5.41) is 9.06. The van der Waals surface area contributed by atoms with E-state index in [4.69, 9.17) is 24.2 Å². The minimum Gasteiger partial charge on any atom is -0.497 e. The summed E-state index contributed by atoms with van der Waals surface area (Å²) in [6.07, 6.45) is -0.190. The third-order valence-corrected chi connectivity index (χ3v) is 6.72. The first kappa shape index (κ1) is 27.0. The van der Waals surface area contributed by atoms with Gasteiger partial charge < -0.3 is 23.8 Å². The van der Waals surface area contributed by atoms with Gasteiger partial charge in [0.2, 0.25) is 0 Å². The van der Waals surface area contributed by atoms with Crippen molar-refractivity contribution in [1.29, 1.82) is 5.26 Å². The largest absolute Gasteiger partial charge is 0.497 e. The van der Waals surface area contributed by atoms with Gasteiger partial charge >= 0.3 is 0 Å². The molecule has 1 fully saturated rings. The van der Waals surface area contributed by atoms with Crippen LogP contribution in [0.3, 0.4) is 0 Å². The van der Waals surface area contributed by atoms with E-state index in [0.29, 0.717) is 48.9 Å². The molecule has 1 unspecified atom stereocenters. The van der Waals surface area contributed by atoms with Crippen molar-refractivity contribution in [3.63, 3.8) is 0 Å². The molecule has 1 amide bonds. The van der Waals surface area contributed by atoms with E-state index in [1.165, 1.54) is 0 Å². The smallest absolute Gasteiger partial charge is 0.257 e. The van der Waals surface area contributed by atoms with E-state index in [-0.39, 0.29) is 12.0 Å². The Bertz CT molecular complexity index is 1260. The van der Waals surface area contributed by atoms with Gasteiger partial charge in [-0.15, -0.1) is 0 Å². The molecule has 0 N–H and O–H groups in total. The molecular weight excluding hydrogens is 482 g/mol. The molecule has 198 valence electrons. The molecule has 1 heterocycles. The molecule has 8 heteroatoms. The Balaban J connectivity index is 1.41. The van der Waals surface area contributed by atoms with Crippen LogP contribution < -0.4 is 14.2 Å². The van der Waals surface area contributed by atoms with Crippen LogP contribution in [0.5, 0.6) is 17.2 Å². The highest BCUT2D eigenvalue weighted by Gasteiger charge is 2.26. The fraction of sp³-hybridized carbons (Fsp3) is 0.333. The second-order valence-corrected chi connectivity index (χ2v) is 9.04. The highest BCUT2D eigenvalue weighted by Crippen LogP contribution is 2.28. The zero-order chi connectivity index (χ0) is 26.9. The summed E-state index contributed by atoms with van der Waals surface area (Å²) in [4.78, 5) is 17.4. The number of carbonyl (C=O) groups excluding carboxylic acids is 1. The maximum Gasteiger partial charge on any atom is 0.257 e. The standard InChI is InChI=1S/C30H33N3O5/c1-35-25-6-4-5-24(17-25)29(38-21-23-9-7-22(19-31)8-10-23)20-32-13-15-33(16-14-32)30(34)27-12-11-26(36-2)18-28(27)37-3/h4-12,17-18,29H,13-16,20-21H2,1-3H3. The van der Waals surface area contributed by atoms with Gasteiger partial charge in [-0.2, -0.15) is 5.26 Å². The van der Waals surface area contributed by atoms with Crippen molar-refractivity contribution in [2.75, 3.05) is 54.1 Å². The Kier molecular flexibility index (Phi) is 9.20. The summed E-state index contributed by atoms with van der Waals surface area (Å²) in [6.45, 7) is 3.76. The first-order valence-electron chi connectivity index (χ1n) is 12.5. The maximum absolute atomic E-state index is 13.2. The Hall–Kier alpha value is -4.06. The number of amides is 1. The number of nitrogens with zero attached hydrogens (tertiary/aromatic N) is 3. The molecule has 8 nitrogen and oxygen atoms in total. The number of nitriles is 1. The molecule has 1 aliphatic rings. The SMILES string of the molecule is COc1cccc(C(CN2CCN(C(=O)c3ccc(OC)cc3OC)CC2)OCc2ccc(C#N)cc2)c1. The molecule has 1 saturated heterocycles. The number of piperazine rings is 1. The van der Waals surface area contributed by atoms with Crippen LogP contribution in [0.1, 0.15) is 33.2 Å². The molecule has 0 aromatic heterocycles. The molecule has 0 bridgehead atoms. The summed E-state index contributed by atoms with van der Waals surface area (Å²) in [5.74, 6) is 1.88. The second-order valence-electron chi connectivity index (χ2n) is 9.04. The van der Waals surface area contributed by atoms with Gasteiger partial charge in [-0.1, -0.05) is 24.3 Å². The van der Waals surface area contributed by atoms with Crippen molar-refractivity contribution in [1.82, 2.24) is 9.80 Å². The average molecular weight is 516 g/mol. The molecule has 4 rings (SSSR count). The molecule has 0 radical (unpaired) electrons. The first-order valence-corrected chi connectivity index (χ1v) is 12.5. The van der Waals surface area contributed by atoms with Gasteiger partial charge in [0.25, 0.3) is 5.91 Å². The highest BCUT2D eigenvalue weighted by molar-refractivity contribution is 5.97. The van der Waals surface area contributed by atoms with Gasteiger partial charge in [-0.3, -0.25) is 9.69 Å². The summed E-state index contributed by atoms with van der Waals surface area (Å²) in [6, 6.07) is 22.7. The number of benzene rings is 3. The van der Waals surface area contributed by atoms with Gasteiger partial charge in [0.15, 0.2) is 0 Å². The van der Waals surface area contributed by atoms with Crippen LogP contribution in [0.2, 0.25) is 0 Å². The summed E-state index contributed by atoms with van der Waals surface area (Å²) >= 11 is 0. The molecular formula is C30H33N3O5. The van der Waals surface area contributed by atoms with Crippen molar-refractivity contribution in [3.8, 4) is 23.3 Å². The third kappa shape index (κ3) is 6.62. The molecule has 3 aromatic carbocycles. The number of hydrogen-bond donors (Lipinski definition) is 0. The van der Waals surface area contributed by atoms with E-state index in [1.807, 2.05) is 41.3 Å². The maximum atomic E-state index is 13.2. The van der Waals surface area contributed by atoms with Crippen LogP contribution in [0.4, 0.5) is 0 Å². The zero-order valence-electron chi connectivity index (χ0n) is 22.1. The second kappa shape index (κ2) is 13.0. The molecule has 0 aliphatic carbocycles. The first-order chi connectivity index (χ1) is 18.5. The topological polar surface area (TPSA) is 84.3 Å². The van der Waals surface area contributed by atoms with Gasteiger partial charge in [0, 0.05) is 38.8 Å². The Labute approximate surface area is 223 Å². The van der Waals surface area contributed by atoms with Crippen LogP contribution in [0.25, 0.3) is 0 Å². The van der Waals surface area contributed by atoms with Gasteiger partial charge in [-0.25, -0.2) is 0 Å². The van der Waals surface area contributed by atoms with E-state index in [2.05, 4.69) is 11.0 Å².